The van der Waals surface area contributed by atoms with Crippen molar-refractivity contribution in [1.82, 2.24) is 19.9 Å². The summed E-state index contributed by atoms with van der Waals surface area (Å²) in [4.78, 5) is 26.7. The highest BCUT2D eigenvalue weighted by molar-refractivity contribution is 7.77. The average molecular weight is 504 g/mol. The topological polar surface area (TPSA) is 109 Å². The van der Waals surface area contributed by atoms with Crippen molar-refractivity contribution in [2.45, 2.75) is 25.7 Å². The van der Waals surface area contributed by atoms with Crippen LogP contribution in [0.2, 0.25) is 5.02 Å². The van der Waals surface area contributed by atoms with Crippen molar-refractivity contribution in [3.63, 3.8) is 0 Å². The molecule has 0 bridgehead atoms. The van der Waals surface area contributed by atoms with Crippen molar-refractivity contribution < 1.29 is 14.0 Å². The zero-order valence-electron chi connectivity index (χ0n) is 19.3. The van der Waals surface area contributed by atoms with Gasteiger partial charge in [0.1, 0.15) is 34.2 Å². The van der Waals surface area contributed by atoms with Gasteiger partial charge in [-0.2, -0.15) is 4.98 Å². The van der Waals surface area contributed by atoms with Gasteiger partial charge in [0.05, 0.1) is 25.2 Å². The lowest BCUT2D eigenvalue weighted by Gasteiger charge is -2.31. The van der Waals surface area contributed by atoms with Crippen LogP contribution in [0.1, 0.15) is 31.4 Å². The van der Waals surface area contributed by atoms with Crippen LogP contribution in [0.3, 0.4) is 0 Å². The number of hydrogen-bond donors (Lipinski definition) is 3. The first-order chi connectivity index (χ1) is 16.5. The van der Waals surface area contributed by atoms with E-state index in [2.05, 4.69) is 37.4 Å². The smallest absolute Gasteiger partial charge is 0.301 e. The van der Waals surface area contributed by atoms with E-state index in [-0.39, 0.29) is 0 Å². The first kappa shape index (κ1) is 23.3. The molecule has 3 heterocycles. The van der Waals surface area contributed by atoms with Crippen LogP contribution < -0.4 is 20.7 Å². The van der Waals surface area contributed by atoms with E-state index in [4.69, 9.17) is 20.8 Å². The van der Waals surface area contributed by atoms with Gasteiger partial charge in [-0.3, -0.25) is 10.2 Å². The molecule has 1 saturated heterocycles. The summed E-state index contributed by atoms with van der Waals surface area (Å²) in [6, 6.07) is 6.15. The Morgan fingerprint density at radius 3 is 2.71 bits per heavy atom. The SMILES string of the molecule is CCN1CC[P+](O)(c2ccc(Nc3nc(Nc4ncc(C5CC5)o4)ncc3Cl)c(OC)c2)CC1. The summed E-state index contributed by atoms with van der Waals surface area (Å²) in [6.45, 7) is 5.01. The number of aromatic nitrogens is 3. The summed E-state index contributed by atoms with van der Waals surface area (Å²) in [6.07, 6.45) is 7.12. The minimum absolute atomic E-state index is 0.314. The summed E-state index contributed by atoms with van der Waals surface area (Å²) < 4.78 is 11.4. The van der Waals surface area contributed by atoms with Crippen molar-refractivity contribution in [1.29, 1.82) is 0 Å². The first-order valence-electron chi connectivity index (χ1n) is 11.5. The molecule has 9 nitrogen and oxygen atoms in total. The largest absolute Gasteiger partial charge is 0.494 e. The lowest BCUT2D eigenvalue weighted by molar-refractivity contribution is 0.308. The zero-order chi connectivity index (χ0) is 23.7. The van der Waals surface area contributed by atoms with E-state index in [1.54, 1.807) is 13.3 Å². The minimum Gasteiger partial charge on any atom is -0.494 e. The minimum atomic E-state index is -2.19. The maximum atomic E-state index is 11.4. The fraction of sp³-hybridized carbons (Fsp3) is 0.435. The molecular weight excluding hydrogens is 475 g/mol. The Bertz CT molecular complexity index is 1160. The third-order valence-electron chi connectivity index (χ3n) is 6.40. The summed E-state index contributed by atoms with van der Waals surface area (Å²) in [5.41, 5.74) is 0.698. The molecule has 5 rings (SSSR count). The van der Waals surface area contributed by atoms with Crippen molar-refractivity contribution >= 4 is 47.9 Å². The third kappa shape index (κ3) is 4.98. The molecule has 0 radical (unpaired) electrons. The second kappa shape index (κ2) is 9.66. The van der Waals surface area contributed by atoms with Crippen LogP contribution in [0, 0.1) is 0 Å². The highest BCUT2D eigenvalue weighted by Gasteiger charge is 2.42. The summed E-state index contributed by atoms with van der Waals surface area (Å²) in [5.74, 6) is 2.71. The number of nitrogens with zero attached hydrogens (tertiary/aromatic N) is 4. The molecule has 34 heavy (non-hydrogen) atoms. The molecule has 1 aliphatic carbocycles. The van der Waals surface area contributed by atoms with Crippen LogP contribution >= 0.6 is 19.1 Å². The van der Waals surface area contributed by atoms with Crippen LogP contribution in [0.25, 0.3) is 0 Å². The molecule has 0 amide bonds. The van der Waals surface area contributed by atoms with Gasteiger partial charge in [-0.15, -0.1) is 0 Å². The van der Waals surface area contributed by atoms with Gasteiger partial charge in [-0.05, 0) is 31.5 Å². The molecule has 3 N–H and O–H groups in total. The number of nitrogens with one attached hydrogen (secondary N) is 2. The molecule has 1 aliphatic heterocycles. The fourth-order valence-corrected chi connectivity index (χ4v) is 6.91. The lowest BCUT2D eigenvalue weighted by atomic mass is 10.3. The molecule has 1 aromatic carbocycles. The fourth-order valence-electron chi connectivity index (χ4n) is 4.09. The van der Waals surface area contributed by atoms with Crippen molar-refractivity contribution in [3.05, 3.63) is 41.4 Å². The number of halogens is 1. The molecule has 0 atom stereocenters. The first-order valence-corrected chi connectivity index (χ1v) is 14.0. The summed E-state index contributed by atoms with van der Waals surface area (Å²) in [5, 5.41) is 7.54. The van der Waals surface area contributed by atoms with E-state index in [1.807, 2.05) is 18.2 Å². The van der Waals surface area contributed by atoms with Crippen molar-refractivity contribution in [2.75, 3.05) is 49.7 Å². The van der Waals surface area contributed by atoms with Crippen LogP contribution in [0.4, 0.5) is 23.5 Å². The normalized spacial score (nSPS) is 18.0. The van der Waals surface area contributed by atoms with E-state index < -0.39 is 7.49 Å². The van der Waals surface area contributed by atoms with Gasteiger partial charge in [0.25, 0.3) is 0 Å². The Labute approximate surface area is 204 Å². The molecule has 2 fully saturated rings. The highest BCUT2D eigenvalue weighted by Crippen LogP contribution is 2.55. The molecule has 3 aromatic rings. The maximum Gasteiger partial charge on any atom is 0.301 e. The number of benzene rings is 1. The van der Waals surface area contributed by atoms with E-state index >= 15 is 0 Å². The molecule has 180 valence electrons. The Morgan fingerprint density at radius 2 is 2.00 bits per heavy atom. The Morgan fingerprint density at radius 1 is 1.21 bits per heavy atom. The quantitative estimate of drug-likeness (QED) is 0.386. The molecular formula is C23H29ClN6O3P+. The number of hydrogen-bond acceptors (Lipinski definition) is 9. The zero-order valence-corrected chi connectivity index (χ0v) is 20.9. The van der Waals surface area contributed by atoms with Crippen molar-refractivity contribution in [2.24, 2.45) is 0 Å². The molecule has 11 heteroatoms. The monoisotopic (exact) mass is 503 g/mol. The Balaban J connectivity index is 1.33. The number of ether oxygens (including phenoxy) is 1. The number of methoxy groups -OCH3 is 1. The molecule has 0 unspecified atom stereocenters. The van der Waals surface area contributed by atoms with Gasteiger partial charge in [0.2, 0.25) is 5.95 Å². The molecule has 0 spiro atoms. The van der Waals surface area contributed by atoms with Crippen LogP contribution in [-0.4, -0.2) is 63.8 Å². The molecule has 1 saturated carbocycles. The van der Waals surface area contributed by atoms with Crippen LogP contribution in [0.5, 0.6) is 5.75 Å². The van der Waals surface area contributed by atoms with Crippen LogP contribution in [-0.2, 0) is 0 Å². The summed E-state index contributed by atoms with van der Waals surface area (Å²) in [7, 11) is -0.582. The third-order valence-corrected chi connectivity index (χ3v) is 9.80. The predicted molar refractivity (Wildman–Crippen MR) is 136 cm³/mol. The van der Waals surface area contributed by atoms with E-state index in [1.165, 1.54) is 6.20 Å². The Kier molecular flexibility index (Phi) is 6.62. The summed E-state index contributed by atoms with van der Waals surface area (Å²) >= 11 is 6.37. The van der Waals surface area contributed by atoms with Gasteiger partial charge in [0, 0.05) is 25.1 Å². The second-order valence-corrected chi connectivity index (χ2v) is 12.3. The van der Waals surface area contributed by atoms with Gasteiger partial charge in [0.15, 0.2) is 13.3 Å². The Hall–Kier alpha value is -2.45. The van der Waals surface area contributed by atoms with E-state index in [9.17, 15) is 4.89 Å². The second-order valence-electron chi connectivity index (χ2n) is 8.67. The van der Waals surface area contributed by atoms with Gasteiger partial charge in [-0.1, -0.05) is 18.5 Å². The van der Waals surface area contributed by atoms with Gasteiger partial charge < -0.3 is 14.5 Å². The maximum absolute atomic E-state index is 11.4. The number of anilines is 4. The highest BCUT2D eigenvalue weighted by atomic mass is 35.5. The molecule has 2 aromatic heterocycles. The standard InChI is InChI=1S/C23H29ClN6O3P/c1-3-30-8-10-34(31,11-9-30)16-6-7-18(19(12-16)32-2)27-21-17(24)13-25-22(28-21)29-23-26-14-20(33-23)15-4-5-15/h6-7,12-15,31H,3-5,8-11H2,1-2H3,(H2,25,26,27,28,29)/q+1. The number of rotatable bonds is 8. The lowest BCUT2D eigenvalue weighted by Crippen LogP contribution is -2.39. The van der Waals surface area contributed by atoms with Crippen LogP contribution in [0.15, 0.2) is 35.0 Å². The van der Waals surface area contributed by atoms with Gasteiger partial charge in [-0.25, -0.2) is 14.9 Å². The van der Waals surface area contributed by atoms with E-state index in [0.29, 0.717) is 40.2 Å². The average Bonchev–Trinajstić information content (AvgIpc) is 3.60. The predicted octanol–water partition coefficient (Wildman–Crippen LogP) is 4.38. The van der Waals surface area contributed by atoms with E-state index in [0.717, 1.165) is 55.9 Å². The van der Waals surface area contributed by atoms with Gasteiger partial charge >= 0.3 is 6.01 Å². The number of oxazole rings is 1. The van der Waals surface area contributed by atoms with Crippen molar-refractivity contribution in [3.8, 4) is 5.75 Å². The molecule has 2 aliphatic rings.